The van der Waals surface area contributed by atoms with Crippen molar-refractivity contribution >= 4 is 13.3 Å². The van der Waals surface area contributed by atoms with Gasteiger partial charge in [-0.2, -0.15) is 0 Å². The number of hydrogen-bond donors (Lipinski definition) is 1. The molecule has 0 saturated carbocycles. The van der Waals surface area contributed by atoms with Crippen LogP contribution >= 0.6 is 0 Å². The Morgan fingerprint density at radius 2 is 1.43 bits per heavy atom. The summed E-state index contributed by atoms with van der Waals surface area (Å²) in [5, 5.41) is 5.09. The quantitative estimate of drug-likeness (QED) is 0.792. The molecule has 0 saturated heterocycles. The lowest BCUT2D eigenvalue weighted by Gasteiger charge is -2.17. The third kappa shape index (κ3) is 4.55. The highest BCUT2D eigenvalue weighted by molar-refractivity contribution is 6.88. The third-order valence-electron chi connectivity index (χ3n) is 3.96. The fourth-order valence-corrected chi connectivity index (χ4v) is 3.71. The predicted molar refractivity (Wildman–Crippen MR) is 95.8 cm³/mol. The van der Waals surface area contributed by atoms with Gasteiger partial charge >= 0.3 is 0 Å². The summed E-state index contributed by atoms with van der Waals surface area (Å²) < 4.78 is 0. The van der Waals surface area contributed by atoms with E-state index < -0.39 is 8.07 Å². The van der Waals surface area contributed by atoms with Gasteiger partial charge in [0.25, 0.3) is 0 Å². The van der Waals surface area contributed by atoms with Crippen LogP contribution in [0.2, 0.25) is 19.6 Å². The van der Waals surface area contributed by atoms with Gasteiger partial charge < -0.3 is 5.32 Å². The lowest BCUT2D eigenvalue weighted by atomic mass is 10.1. The Labute approximate surface area is 130 Å². The van der Waals surface area contributed by atoms with E-state index in [-0.39, 0.29) is 0 Å². The first kappa shape index (κ1) is 16.0. The molecule has 0 unspecified atom stereocenters. The Bertz CT molecular complexity index is 567. The predicted octanol–water partition coefficient (Wildman–Crippen LogP) is 4.08. The molecule has 112 valence electrons. The lowest BCUT2D eigenvalue weighted by Crippen LogP contribution is -2.37. The SMILES string of the molecule is CCc1ccccc1CNCc1ccc([Si](C)(C)C)cc1. The second-order valence-electron chi connectivity index (χ2n) is 6.67. The first-order chi connectivity index (χ1) is 10.0. The maximum Gasteiger partial charge on any atom is 0.0775 e. The normalized spacial score (nSPS) is 11.6. The Morgan fingerprint density at radius 3 is 2.00 bits per heavy atom. The van der Waals surface area contributed by atoms with Crippen molar-refractivity contribution in [2.24, 2.45) is 0 Å². The van der Waals surface area contributed by atoms with Crippen LogP contribution in [0.25, 0.3) is 0 Å². The molecule has 1 nitrogen and oxygen atoms in total. The smallest absolute Gasteiger partial charge is 0.0775 e. The van der Waals surface area contributed by atoms with Crippen molar-refractivity contribution in [3.8, 4) is 0 Å². The number of nitrogens with one attached hydrogen (secondary N) is 1. The minimum absolute atomic E-state index is 0.935. The third-order valence-corrected chi connectivity index (χ3v) is 6.03. The molecule has 0 aromatic heterocycles. The van der Waals surface area contributed by atoms with Crippen LogP contribution in [0.15, 0.2) is 48.5 Å². The Hall–Kier alpha value is -1.38. The number of benzene rings is 2. The minimum atomic E-state index is -1.17. The fourth-order valence-electron chi connectivity index (χ4n) is 2.54. The van der Waals surface area contributed by atoms with Gasteiger partial charge in [-0.15, -0.1) is 0 Å². The van der Waals surface area contributed by atoms with Gasteiger partial charge in [-0.1, -0.05) is 80.3 Å². The van der Waals surface area contributed by atoms with Gasteiger partial charge in [0.15, 0.2) is 0 Å². The van der Waals surface area contributed by atoms with Gasteiger partial charge in [0.2, 0.25) is 0 Å². The Balaban J connectivity index is 1.92. The van der Waals surface area contributed by atoms with Crippen LogP contribution < -0.4 is 10.5 Å². The largest absolute Gasteiger partial charge is 0.309 e. The summed E-state index contributed by atoms with van der Waals surface area (Å²) in [5.41, 5.74) is 4.23. The van der Waals surface area contributed by atoms with Crippen LogP contribution in [-0.4, -0.2) is 8.07 Å². The molecule has 2 heteroatoms. The molecule has 0 bridgehead atoms. The zero-order valence-electron chi connectivity index (χ0n) is 13.7. The molecule has 2 aromatic rings. The van der Waals surface area contributed by atoms with E-state index in [4.69, 9.17) is 0 Å². The molecular weight excluding hydrogens is 270 g/mol. The van der Waals surface area contributed by atoms with E-state index in [0.717, 1.165) is 19.5 Å². The maximum absolute atomic E-state index is 3.56. The van der Waals surface area contributed by atoms with Crippen LogP contribution in [-0.2, 0) is 19.5 Å². The van der Waals surface area contributed by atoms with Crippen molar-refractivity contribution in [1.29, 1.82) is 0 Å². The van der Waals surface area contributed by atoms with Gasteiger partial charge in [-0.05, 0) is 23.1 Å². The van der Waals surface area contributed by atoms with Gasteiger partial charge in [-0.3, -0.25) is 0 Å². The molecule has 0 aliphatic rings. The molecule has 2 rings (SSSR count). The molecule has 0 heterocycles. The molecule has 0 radical (unpaired) electrons. The molecule has 0 amide bonds. The summed E-state index contributed by atoms with van der Waals surface area (Å²) in [5.74, 6) is 0. The molecule has 21 heavy (non-hydrogen) atoms. The molecule has 0 aliphatic heterocycles. The van der Waals surface area contributed by atoms with Crippen molar-refractivity contribution in [3.63, 3.8) is 0 Å². The van der Waals surface area contributed by atoms with E-state index in [1.165, 1.54) is 21.9 Å². The van der Waals surface area contributed by atoms with Crippen LogP contribution in [0.1, 0.15) is 23.6 Å². The van der Waals surface area contributed by atoms with Crippen LogP contribution in [0, 0.1) is 0 Å². The van der Waals surface area contributed by atoms with E-state index >= 15 is 0 Å². The van der Waals surface area contributed by atoms with Crippen LogP contribution in [0.3, 0.4) is 0 Å². The van der Waals surface area contributed by atoms with Crippen molar-refractivity contribution in [3.05, 3.63) is 65.2 Å². The molecular formula is C19H27NSi. The molecule has 2 aromatic carbocycles. The summed E-state index contributed by atoms with van der Waals surface area (Å²) in [6.07, 6.45) is 1.10. The highest BCUT2D eigenvalue weighted by Gasteiger charge is 2.15. The van der Waals surface area contributed by atoms with Gasteiger partial charge in [-0.25, -0.2) is 0 Å². The zero-order valence-corrected chi connectivity index (χ0v) is 14.7. The Morgan fingerprint density at radius 1 is 0.810 bits per heavy atom. The number of hydrogen-bond acceptors (Lipinski definition) is 1. The monoisotopic (exact) mass is 297 g/mol. The molecule has 0 atom stereocenters. The summed E-state index contributed by atoms with van der Waals surface area (Å²) in [6.45, 7) is 11.3. The van der Waals surface area contributed by atoms with Gasteiger partial charge in [0.1, 0.15) is 0 Å². The molecule has 0 aliphatic carbocycles. The van der Waals surface area contributed by atoms with Crippen molar-refractivity contribution in [2.45, 2.75) is 46.1 Å². The first-order valence-corrected chi connectivity index (χ1v) is 11.4. The first-order valence-electron chi connectivity index (χ1n) is 7.87. The van der Waals surface area contributed by atoms with E-state index in [9.17, 15) is 0 Å². The standard InChI is InChI=1S/C19H27NSi/c1-5-17-8-6-7-9-18(17)15-20-14-16-10-12-19(13-11-16)21(2,3)4/h6-13,20H,5,14-15H2,1-4H3. The second-order valence-corrected chi connectivity index (χ2v) is 11.8. The van der Waals surface area contributed by atoms with Crippen molar-refractivity contribution in [1.82, 2.24) is 5.32 Å². The van der Waals surface area contributed by atoms with E-state index in [2.05, 4.69) is 80.4 Å². The topological polar surface area (TPSA) is 12.0 Å². The lowest BCUT2D eigenvalue weighted by molar-refractivity contribution is 0.688. The van der Waals surface area contributed by atoms with Gasteiger partial charge in [0, 0.05) is 13.1 Å². The molecule has 0 fully saturated rings. The summed E-state index contributed by atoms with van der Waals surface area (Å²) in [7, 11) is -1.17. The van der Waals surface area contributed by atoms with E-state index in [0.29, 0.717) is 0 Å². The summed E-state index contributed by atoms with van der Waals surface area (Å²) in [4.78, 5) is 0. The van der Waals surface area contributed by atoms with E-state index in [1.807, 2.05) is 0 Å². The summed E-state index contributed by atoms with van der Waals surface area (Å²) in [6, 6.07) is 17.8. The van der Waals surface area contributed by atoms with Crippen LogP contribution in [0.5, 0.6) is 0 Å². The molecule has 0 spiro atoms. The van der Waals surface area contributed by atoms with Crippen LogP contribution in [0.4, 0.5) is 0 Å². The molecule has 1 N–H and O–H groups in total. The minimum Gasteiger partial charge on any atom is -0.309 e. The fraction of sp³-hybridized carbons (Fsp3) is 0.368. The average Bonchev–Trinajstić information content (AvgIpc) is 2.47. The number of aryl methyl sites for hydroxylation is 1. The van der Waals surface area contributed by atoms with Crippen molar-refractivity contribution in [2.75, 3.05) is 0 Å². The average molecular weight is 298 g/mol. The number of rotatable bonds is 6. The van der Waals surface area contributed by atoms with Crippen molar-refractivity contribution < 1.29 is 0 Å². The van der Waals surface area contributed by atoms with Gasteiger partial charge in [0.05, 0.1) is 8.07 Å². The van der Waals surface area contributed by atoms with E-state index in [1.54, 1.807) is 0 Å². The zero-order chi connectivity index (χ0) is 15.3. The summed E-state index contributed by atoms with van der Waals surface area (Å²) >= 11 is 0. The highest BCUT2D eigenvalue weighted by atomic mass is 28.3. The maximum atomic E-state index is 3.56. The highest BCUT2D eigenvalue weighted by Crippen LogP contribution is 2.10. The Kier molecular flexibility index (Phi) is 5.37. The second kappa shape index (κ2) is 7.06.